The smallest absolute Gasteiger partial charge is 0.186 e. The standard InChI is InChI=1S/C13H16O2S/c1-11(15)16-9-3-6-12-4-2-5-13(10-12)7-8-14/h2-6,10,14H,7-9H2,1H3. The van der Waals surface area contributed by atoms with Crippen molar-refractivity contribution in [1.29, 1.82) is 0 Å². The van der Waals surface area contributed by atoms with Crippen LogP contribution in [0.15, 0.2) is 30.3 Å². The second kappa shape index (κ2) is 7.25. The Morgan fingerprint density at radius 2 is 2.31 bits per heavy atom. The average molecular weight is 236 g/mol. The lowest BCUT2D eigenvalue weighted by atomic mass is 10.1. The first-order valence-corrected chi connectivity index (χ1v) is 6.20. The molecule has 86 valence electrons. The molecule has 1 N–H and O–H groups in total. The van der Waals surface area contributed by atoms with Gasteiger partial charge < -0.3 is 5.11 Å². The van der Waals surface area contributed by atoms with Gasteiger partial charge in [-0.05, 0) is 17.5 Å². The SMILES string of the molecule is CC(=O)SCC=Cc1cccc(CCO)c1. The minimum absolute atomic E-state index is 0.138. The van der Waals surface area contributed by atoms with Gasteiger partial charge in [0.15, 0.2) is 5.12 Å². The molecule has 16 heavy (non-hydrogen) atoms. The minimum atomic E-state index is 0.138. The maximum absolute atomic E-state index is 10.7. The van der Waals surface area contributed by atoms with E-state index in [1.54, 1.807) is 6.92 Å². The van der Waals surface area contributed by atoms with Crippen LogP contribution in [-0.4, -0.2) is 22.6 Å². The molecule has 0 unspecified atom stereocenters. The van der Waals surface area contributed by atoms with Crippen LogP contribution < -0.4 is 0 Å². The summed E-state index contributed by atoms with van der Waals surface area (Å²) in [6.45, 7) is 1.74. The minimum Gasteiger partial charge on any atom is -0.396 e. The Bertz CT molecular complexity index is 372. The third kappa shape index (κ3) is 5.14. The number of benzene rings is 1. The van der Waals surface area contributed by atoms with Crippen molar-refractivity contribution in [3.63, 3.8) is 0 Å². The first kappa shape index (κ1) is 13.0. The summed E-state index contributed by atoms with van der Waals surface area (Å²) in [5.74, 6) is 0.708. The Morgan fingerprint density at radius 3 is 3.00 bits per heavy atom. The summed E-state index contributed by atoms with van der Waals surface area (Å²) < 4.78 is 0. The third-order valence-corrected chi connectivity index (χ3v) is 2.81. The molecule has 0 saturated carbocycles. The van der Waals surface area contributed by atoms with E-state index in [2.05, 4.69) is 0 Å². The second-order valence-electron chi connectivity index (χ2n) is 3.42. The molecular weight excluding hydrogens is 220 g/mol. The summed E-state index contributed by atoms with van der Waals surface area (Å²) in [5, 5.41) is 8.96. The normalized spacial score (nSPS) is 10.9. The van der Waals surface area contributed by atoms with Gasteiger partial charge in [0.2, 0.25) is 0 Å². The van der Waals surface area contributed by atoms with Crippen molar-refractivity contribution >= 4 is 23.0 Å². The zero-order valence-electron chi connectivity index (χ0n) is 9.35. The summed E-state index contributed by atoms with van der Waals surface area (Å²) in [6, 6.07) is 8.03. The number of carbonyl (C=O) groups excluding carboxylic acids is 1. The Morgan fingerprint density at radius 1 is 1.50 bits per heavy atom. The van der Waals surface area contributed by atoms with Crippen LogP contribution in [0.5, 0.6) is 0 Å². The highest BCUT2D eigenvalue weighted by molar-refractivity contribution is 8.13. The highest BCUT2D eigenvalue weighted by Crippen LogP contribution is 2.09. The van der Waals surface area contributed by atoms with Crippen molar-refractivity contribution in [1.82, 2.24) is 0 Å². The summed E-state index contributed by atoms with van der Waals surface area (Å²) in [4.78, 5) is 10.7. The molecule has 0 aromatic heterocycles. The van der Waals surface area contributed by atoms with Gasteiger partial charge in [-0.25, -0.2) is 0 Å². The molecule has 1 aromatic carbocycles. The van der Waals surface area contributed by atoms with Crippen LogP contribution in [-0.2, 0) is 11.2 Å². The number of hydrogen-bond donors (Lipinski definition) is 1. The fourth-order valence-electron chi connectivity index (χ4n) is 1.33. The highest BCUT2D eigenvalue weighted by atomic mass is 32.2. The van der Waals surface area contributed by atoms with Crippen molar-refractivity contribution in [2.45, 2.75) is 13.3 Å². The van der Waals surface area contributed by atoms with Gasteiger partial charge in [0.25, 0.3) is 0 Å². The molecule has 3 heteroatoms. The molecule has 0 amide bonds. The molecule has 0 fully saturated rings. The maximum Gasteiger partial charge on any atom is 0.186 e. The van der Waals surface area contributed by atoms with Crippen LogP contribution in [0.1, 0.15) is 18.1 Å². The van der Waals surface area contributed by atoms with Crippen LogP contribution in [0, 0.1) is 0 Å². The number of carbonyl (C=O) groups is 1. The summed E-state index contributed by atoms with van der Waals surface area (Å²) in [7, 11) is 0. The quantitative estimate of drug-likeness (QED) is 0.853. The van der Waals surface area contributed by atoms with Gasteiger partial charge >= 0.3 is 0 Å². The van der Waals surface area contributed by atoms with Crippen molar-refractivity contribution in [3.8, 4) is 0 Å². The Balaban J connectivity index is 2.52. The lowest BCUT2D eigenvalue weighted by Gasteiger charge is -1.99. The predicted octanol–water partition coefficient (Wildman–Crippen LogP) is 2.51. The van der Waals surface area contributed by atoms with E-state index in [4.69, 9.17) is 5.11 Å². The maximum atomic E-state index is 10.7. The Labute approximate surface area is 100 Å². The van der Waals surface area contributed by atoms with Gasteiger partial charge in [0.1, 0.15) is 0 Å². The van der Waals surface area contributed by atoms with Crippen LogP contribution in [0.4, 0.5) is 0 Å². The van der Waals surface area contributed by atoms with Gasteiger partial charge in [0.05, 0.1) is 0 Å². The van der Waals surface area contributed by atoms with Crippen molar-refractivity contribution in [3.05, 3.63) is 41.5 Å². The highest BCUT2D eigenvalue weighted by Gasteiger charge is 1.93. The average Bonchev–Trinajstić information content (AvgIpc) is 2.25. The van der Waals surface area contributed by atoms with Gasteiger partial charge in [-0.1, -0.05) is 48.2 Å². The van der Waals surface area contributed by atoms with Gasteiger partial charge in [-0.15, -0.1) is 0 Å². The third-order valence-electron chi connectivity index (χ3n) is 2.04. The predicted molar refractivity (Wildman–Crippen MR) is 69.4 cm³/mol. The zero-order valence-corrected chi connectivity index (χ0v) is 10.2. The van der Waals surface area contributed by atoms with Crippen molar-refractivity contribution in [2.75, 3.05) is 12.4 Å². The lowest BCUT2D eigenvalue weighted by molar-refractivity contribution is -0.109. The van der Waals surface area contributed by atoms with E-state index < -0.39 is 0 Å². The molecule has 1 rings (SSSR count). The Hall–Kier alpha value is -1.06. The number of rotatable bonds is 5. The van der Waals surface area contributed by atoms with Crippen LogP contribution in [0.2, 0.25) is 0 Å². The van der Waals surface area contributed by atoms with Crippen molar-refractivity contribution in [2.24, 2.45) is 0 Å². The van der Waals surface area contributed by atoms with E-state index in [0.29, 0.717) is 12.2 Å². The molecule has 0 aliphatic rings. The number of hydrogen-bond acceptors (Lipinski definition) is 3. The van der Waals surface area contributed by atoms with Gasteiger partial charge in [-0.3, -0.25) is 4.79 Å². The van der Waals surface area contributed by atoms with E-state index in [1.165, 1.54) is 11.8 Å². The van der Waals surface area contributed by atoms with E-state index >= 15 is 0 Å². The van der Waals surface area contributed by atoms with Gasteiger partial charge in [0, 0.05) is 19.3 Å². The molecule has 1 aromatic rings. The molecule has 0 saturated heterocycles. The number of thioether (sulfide) groups is 1. The molecule has 0 bridgehead atoms. The largest absolute Gasteiger partial charge is 0.396 e. The van der Waals surface area contributed by atoms with E-state index in [-0.39, 0.29) is 11.7 Å². The second-order valence-corrected chi connectivity index (χ2v) is 4.62. The first-order valence-electron chi connectivity index (χ1n) is 5.22. The molecule has 0 aliphatic carbocycles. The topological polar surface area (TPSA) is 37.3 Å². The van der Waals surface area contributed by atoms with E-state index in [1.807, 2.05) is 36.4 Å². The first-order chi connectivity index (χ1) is 7.72. The summed E-state index contributed by atoms with van der Waals surface area (Å²) >= 11 is 1.30. The van der Waals surface area contributed by atoms with E-state index in [0.717, 1.165) is 11.1 Å². The monoisotopic (exact) mass is 236 g/mol. The van der Waals surface area contributed by atoms with Gasteiger partial charge in [-0.2, -0.15) is 0 Å². The van der Waals surface area contributed by atoms with Crippen LogP contribution in [0.3, 0.4) is 0 Å². The Kier molecular flexibility index (Phi) is 5.90. The summed E-state index contributed by atoms with van der Waals surface area (Å²) in [6.07, 6.45) is 4.66. The molecule has 0 radical (unpaired) electrons. The van der Waals surface area contributed by atoms with Crippen LogP contribution >= 0.6 is 11.8 Å². The van der Waals surface area contributed by atoms with E-state index in [9.17, 15) is 4.79 Å². The molecule has 0 aliphatic heterocycles. The lowest BCUT2D eigenvalue weighted by Crippen LogP contribution is -1.90. The molecule has 0 spiro atoms. The molecule has 0 heterocycles. The molecule has 2 nitrogen and oxygen atoms in total. The molecular formula is C13H16O2S. The zero-order chi connectivity index (χ0) is 11.8. The van der Waals surface area contributed by atoms with Crippen molar-refractivity contribution < 1.29 is 9.90 Å². The summed E-state index contributed by atoms with van der Waals surface area (Å²) in [5.41, 5.74) is 2.24. The number of aliphatic hydroxyl groups is 1. The van der Waals surface area contributed by atoms with Crippen LogP contribution in [0.25, 0.3) is 6.08 Å². The fraction of sp³-hybridized carbons (Fsp3) is 0.308. The fourth-order valence-corrected chi connectivity index (χ4v) is 1.76. The number of aliphatic hydroxyl groups excluding tert-OH is 1. The molecule has 0 atom stereocenters.